The summed E-state index contributed by atoms with van der Waals surface area (Å²) in [5.41, 5.74) is 1.78. The van der Waals surface area contributed by atoms with E-state index in [1.165, 1.54) is 18.2 Å². The van der Waals surface area contributed by atoms with E-state index in [0.717, 1.165) is 10.0 Å². The number of carbonyl (C=O) groups is 1. The van der Waals surface area contributed by atoms with Gasteiger partial charge in [0.05, 0.1) is 4.90 Å². The molecule has 3 N–H and O–H groups in total. The summed E-state index contributed by atoms with van der Waals surface area (Å²) in [6, 6.07) is 11.1. The van der Waals surface area contributed by atoms with Gasteiger partial charge in [0, 0.05) is 15.7 Å². The van der Waals surface area contributed by atoms with Crippen LogP contribution in [0.15, 0.2) is 51.8 Å². The number of halogens is 1. The van der Waals surface area contributed by atoms with Gasteiger partial charge in [-0.05, 0) is 48.9 Å². The Balaban J connectivity index is 2.28. The maximum atomic E-state index is 12.2. The third kappa shape index (κ3) is 4.13. The molecule has 0 saturated heterocycles. The van der Waals surface area contributed by atoms with E-state index in [2.05, 4.69) is 21.2 Å². The molecule has 0 fully saturated rings. The predicted molar refractivity (Wildman–Crippen MR) is 84.6 cm³/mol. The number of hydrogen-bond donors (Lipinski definition) is 2. The standard InChI is InChI=1S/C14H13BrN2O3S/c1-9-5-10(7-11(15)6-9)14(18)17-12-3-2-4-13(8-12)21(16,19)20/h2-8H,1H3,(H,17,18)(H2,16,19,20). The Morgan fingerprint density at radius 3 is 2.52 bits per heavy atom. The number of primary sulfonamides is 1. The molecule has 7 heteroatoms. The van der Waals surface area contributed by atoms with Gasteiger partial charge < -0.3 is 5.32 Å². The number of amides is 1. The highest BCUT2D eigenvalue weighted by Gasteiger charge is 2.11. The van der Waals surface area contributed by atoms with Crippen molar-refractivity contribution in [3.05, 3.63) is 58.1 Å². The Morgan fingerprint density at radius 1 is 1.19 bits per heavy atom. The minimum Gasteiger partial charge on any atom is -0.322 e. The van der Waals surface area contributed by atoms with E-state index in [1.54, 1.807) is 18.2 Å². The maximum Gasteiger partial charge on any atom is 0.255 e. The van der Waals surface area contributed by atoms with Crippen molar-refractivity contribution in [2.75, 3.05) is 5.32 Å². The van der Waals surface area contributed by atoms with E-state index < -0.39 is 10.0 Å². The third-order valence-corrected chi connectivity index (χ3v) is 4.09. The van der Waals surface area contributed by atoms with Gasteiger partial charge in [0.25, 0.3) is 5.91 Å². The van der Waals surface area contributed by atoms with Gasteiger partial charge in [0.15, 0.2) is 0 Å². The summed E-state index contributed by atoms with van der Waals surface area (Å²) in [6.07, 6.45) is 0. The van der Waals surface area contributed by atoms with Crippen LogP contribution < -0.4 is 10.5 Å². The van der Waals surface area contributed by atoms with Gasteiger partial charge in [-0.1, -0.05) is 22.0 Å². The molecule has 0 bridgehead atoms. The van der Waals surface area contributed by atoms with Crippen molar-refractivity contribution in [3.8, 4) is 0 Å². The van der Waals surface area contributed by atoms with Crippen molar-refractivity contribution >= 4 is 37.5 Å². The lowest BCUT2D eigenvalue weighted by Crippen LogP contribution is -2.15. The summed E-state index contributed by atoms with van der Waals surface area (Å²) < 4.78 is 23.4. The molecule has 5 nitrogen and oxygen atoms in total. The fourth-order valence-corrected chi connectivity index (χ4v) is 2.99. The number of carbonyl (C=O) groups excluding carboxylic acids is 1. The van der Waals surface area contributed by atoms with Crippen molar-refractivity contribution in [2.24, 2.45) is 5.14 Å². The summed E-state index contributed by atoms with van der Waals surface area (Å²) in [5, 5.41) is 7.71. The van der Waals surface area contributed by atoms with Crippen LogP contribution in [0.3, 0.4) is 0 Å². The molecule has 0 unspecified atom stereocenters. The zero-order chi connectivity index (χ0) is 15.6. The molecule has 0 atom stereocenters. The van der Waals surface area contributed by atoms with Crippen LogP contribution in [0, 0.1) is 6.92 Å². The van der Waals surface area contributed by atoms with Crippen molar-refractivity contribution in [1.82, 2.24) is 0 Å². The van der Waals surface area contributed by atoms with E-state index in [1.807, 2.05) is 13.0 Å². The smallest absolute Gasteiger partial charge is 0.255 e. The average Bonchev–Trinajstić information content (AvgIpc) is 2.37. The Hall–Kier alpha value is -1.70. The van der Waals surface area contributed by atoms with E-state index >= 15 is 0 Å². The molecule has 0 aliphatic carbocycles. The van der Waals surface area contributed by atoms with Crippen molar-refractivity contribution < 1.29 is 13.2 Å². The largest absolute Gasteiger partial charge is 0.322 e. The van der Waals surface area contributed by atoms with Gasteiger partial charge in [-0.15, -0.1) is 0 Å². The predicted octanol–water partition coefficient (Wildman–Crippen LogP) is 2.66. The third-order valence-electron chi connectivity index (χ3n) is 2.72. The molecule has 2 rings (SSSR count). The zero-order valence-electron chi connectivity index (χ0n) is 11.1. The fourth-order valence-electron chi connectivity index (χ4n) is 1.82. The van der Waals surface area contributed by atoms with E-state index in [0.29, 0.717) is 11.3 Å². The molecule has 1 amide bonds. The Morgan fingerprint density at radius 2 is 1.90 bits per heavy atom. The van der Waals surface area contributed by atoms with Crippen LogP contribution >= 0.6 is 15.9 Å². The van der Waals surface area contributed by atoms with E-state index in [-0.39, 0.29) is 10.8 Å². The zero-order valence-corrected chi connectivity index (χ0v) is 13.5. The average molecular weight is 369 g/mol. The molecule has 0 aliphatic heterocycles. The number of sulfonamides is 1. The summed E-state index contributed by atoms with van der Waals surface area (Å²) in [7, 11) is -3.80. The summed E-state index contributed by atoms with van der Waals surface area (Å²) >= 11 is 3.33. The molecule has 0 aromatic heterocycles. The topological polar surface area (TPSA) is 89.3 Å². The first-order chi connectivity index (χ1) is 9.75. The van der Waals surface area contributed by atoms with Gasteiger partial charge in [-0.2, -0.15) is 0 Å². The number of nitrogens with one attached hydrogen (secondary N) is 1. The van der Waals surface area contributed by atoms with Crippen LogP contribution in [0.2, 0.25) is 0 Å². The van der Waals surface area contributed by atoms with Crippen LogP contribution in [-0.4, -0.2) is 14.3 Å². The molecule has 110 valence electrons. The number of nitrogens with two attached hydrogens (primary N) is 1. The molecule has 0 aliphatic rings. The monoisotopic (exact) mass is 368 g/mol. The SMILES string of the molecule is Cc1cc(Br)cc(C(=O)Nc2cccc(S(N)(=O)=O)c2)c1. The number of rotatable bonds is 3. The van der Waals surface area contributed by atoms with E-state index in [9.17, 15) is 13.2 Å². The fraction of sp³-hybridized carbons (Fsp3) is 0.0714. The van der Waals surface area contributed by atoms with Crippen LogP contribution in [0.1, 0.15) is 15.9 Å². The molecule has 0 heterocycles. The van der Waals surface area contributed by atoms with Gasteiger partial charge in [0.2, 0.25) is 10.0 Å². The quantitative estimate of drug-likeness (QED) is 0.872. The number of aryl methyl sites for hydroxylation is 1. The second kappa shape index (κ2) is 5.97. The van der Waals surface area contributed by atoms with Crippen LogP contribution in [-0.2, 0) is 10.0 Å². The maximum absolute atomic E-state index is 12.2. The minimum atomic E-state index is -3.80. The lowest BCUT2D eigenvalue weighted by molar-refractivity contribution is 0.102. The van der Waals surface area contributed by atoms with Crippen LogP contribution in [0.4, 0.5) is 5.69 Å². The highest BCUT2D eigenvalue weighted by Crippen LogP contribution is 2.18. The number of anilines is 1. The van der Waals surface area contributed by atoms with Gasteiger partial charge >= 0.3 is 0 Å². The van der Waals surface area contributed by atoms with Gasteiger partial charge in [0.1, 0.15) is 0 Å². The number of hydrogen-bond acceptors (Lipinski definition) is 3. The minimum absolute atomic E-state index is 0.0503. The van der Waals surface area contributed by atoms with Crippen LogP contribution in [0.5, 0.6) is 0 Å². The van der Waals surface area contributed by atoms with Gasteiger partial charge in [-0.3, -0.25) is 4.79 Å². The normalized spacial score (nSPS) is 11.2. The molecule has 0 saturated carbocycles. The lowest BCUT2D eigenvalue weighted by Gasteiger charge is -2.08. The molecule has 2 aromatic carbocycles. The van der Waals surface area contributed by atoms with Crippen molar-refractivity contribution in [3.63, 3.8) is 0 Å². The highest BCUT2D eigenvalue weighted by atomic mass is 79.9. The summed E-state index contributed by atoms with van der Waals surface area (Å²) in [5.74, 6) is -0.328. The molecular formula is C14H13BrN2O3S. The second-order valence-corrected chi connectivity index (χ2v) is 7.02. The first-order valence-electron chi connectivity index (χ1n) is 5.97. The van der Waals surface area contributed by atoms with E-state index in [4.69, 9.17) is 5.14 Å². The van der Waals surface area contributed by atoms with Crippen molar-refractivity contribution in [1.29, 1.82) is 0 Å². The second-order valence-electron chi connectivity index (χ2n) is 4.54. The first-order valence-corrected chi connectivity index (χ1v) is 8.31. The Labute approximate surface area is 131 Å². The lowest BCUT2D eigenvalue weighted by atomic mass is 10.1. The Kier molecular flexibility index (Phi) is 4.46. The molecule has 0 radical (unpaired) electrons. The molecular weight excluding hydrogens is 356 g/mol. The number of benzene rings is 2. The highest BCUT2D eigenvalue weighted by molar-refractivity contribution is 9.10. The summed E-state index contributed by atoms with van der Waals surface area (Å²) in [4.78, 5) is 12.1. The van der Waals surface area contributed by atoms with Gasteiger partial charge in [-0.25, -0.2) is 13.6 Å². The Bertz CT molecular complexity index is 783. The molecule has 21 heavy (non-hydrogen) atoms. The molecule has 2 aromatic rings. The summed E-state index contributed by atoms with van der Waals surface area (Å²) in [6.45, 7) is 1.88. The first kappa shape index (κ1) is 15.7. The van der Waals surface area contributed by atoms with Crippen molar-refractivity contribution in [2.45, 2.75) is 11.8 Å². The van der Waals surface area contributed by atoms with Crippen LogP contribution in [0.25, 0.3) is 0 Å². The molecule has 0 spiro atoms.